The number of methoxy groups -OCH3 is 1. The van der Waals surface area contributed by atoms with Crippen molar-refractivity contribution in [2.75, 3.05) is 13.7 Å². The van der Waals surface area contributed by atoms with Crippen molar-refractivity contribution in [2.24, 2.45) is 0 Å². The minimum Gasteiger partial charge on any atom is -0.468 e. The largest absolute Gasteiger partial charge is 0.468 e. The number of carbonyl (C=O) groups is 2. The lowest BCUT2D eigenvalue weighted by atomic mass is 10.1. The number of nitro groups is 1. The number of carbonyl (C=O) groups excluding carboxylic acids is 2. The highest BCUT2D eigenvalue weighted by molar-refractivity contribution is 8.26. The van der Waals surface area contributed by atoms with Crippen LogP contribution < -0.4 is 0 Å². The molecular weight excluding hydrogens is 392 g/mol. The Kier molecular flexibility index (Phi) is 5.38. The van der Waals surface area contributed by atoms with E-state index < -0.39 is 16.8 Å². The van der Waals surface area contributed by atoms with Crippen LogP contribution in [0.25, 0.3) is 17.4 Å². The van der Waals surface area contributed by atoms with Gasteiger partial charge in [-0.2, -0.15) is 0 Å². The van der Waals surface area contributed by atoms with Gasteiger partial charge in [-0.15, -0.1) is 0 Å². The van der Waals surface area contributed by atoms with Gasteiger partial charge in [-0.05, 0) is 24.3 Å². The van der Waals surface area contributed by atoms with Crippen molar-refractivity contribution in [3.63, 3.8) is 0 Å². The van der Waals surface area contributed by atoms with E-state index in [1.807, 2.05) is 0 Å². The lowest BCUT2D eigenvalue weighted by Crippen LogP contribution is -2.33. The van der Waals surface area contributed by atoms with Crippen molar-refractivity contribution in [3.8, 4) is 11.3 Å². The quantitative estimate of drug-likeness (QED) is 0.246. The van der Waals surface area contributed by atoms with Gasteiger partial charge in [0.15, 0.2) is 0 Å². The minimum absolute atomic E-state index is 0.0141. The highest BCUT2D eigenvalue weighted by Crippen LogP contribution is 2.33. The summed E-state index contributed by atoms with van der Waals surface area (Å²) in [5.41, 5.74) is 0.651. The standard InChI is InChI=1S/C17H12N2O6S2/c1-24-15(20)9-18-16(21)14(27-17(18)26)8-12-6-7-13(25-12)10-2-4-11(5-3-10)19(22)23/h2-8H,9H2,1H3/b14-8-. The third-order valence-corrected chi connectivity index (χ3v) is 5.03. The van der Waals surface area contributed by atoms with Crippen LogP contribution in [-0.4, -0.2) is 39.7 Å². The van der Waals surface area contributed by atoms with Gasteiger partial charge < -0.3 is 9.15 Å². The number of rotatable bonds is 5. The maximum absolute atomic E-state index is 12.4. The molecule has 27 heavy (non-hydrogen) atoms. The van der Waals surface area contributed by atoms with E-state index in [0.717, 1.165) is 16.7 Å². The molecule has 0 spiro atoms. The lowest BCUT2D eigenvalue weighted by Gasteiger charge is -2.11. The fraction of sp³-hybridized carbons (Fsp3) is 0.118. The Hall–Kier alpha value is -2.98. The monoisotopic (exact) mass is 404 g/mol. The normalized spacial score (nSPS) is 15.4. The molecule has 0 saturated carbocycles. The summed E-state index contributed by atoms with van der Waals surface area (Å²) >= 11 is 6.19. The second-order valence-electron chi connectivity index (χ2n) is 5.35. The zero-order valence-electron chi connectivity index (χ0n) is 13.9. The molecule has 0 bridgehead atoms. The van der Waals surface area contributed by atoms with Crippen LogP contribution in [0.15, 0.2) is 45.7 Å². The fourth-order valence-corrected chi connectivity index (χ4v) is 3.53. The molecule has 1 aromatic carbocycles. The summed E-state index contributed by atoms with van der Waals surface area (Å²) in [5.74, 6) is -0.0437. The van der Waals surface area contributed by atoms with E-state index in [2.05, 4.69) is 4.74 Å². The van der Waals surface area contributed by atoms with Crippen molar-refractivity contribution in [1.29, 1.82) is 0 Å². The molecule has 1 aliphatic rings. The van der Waals surface area contributed by atoms with Crippen LogP contribution in [0.2, 0.25) is 0 Å². The van der Waals surface area contributed by atoms with Gasteiger partial charge in [0, 0.05) is 23.8 Å². The number of ether oxygens (including phenoxy) is 1. The number of amides is 1. The van der Waals surface area contributed by atoms with Gasteiger partial charge in [0.25, 0.3) is 11.6 Å². The van der Waals surface area contributed by atoms with Gasteiger partial charge >= 0.3 is 5.97 Å². The van der Waals surface area contributed by atoms with Crippen LogP contribution in [0.4, 0.5) is 5.69 Å². The second kappa shape index (κ2) is 7.72. The molecule has 0 N–H and O–H groups in total. The van der Waals surface area contributed by atoms with Gasteiger partial charge in [0.2, 0.25) is 0 Å². The molecular formula is C17H12N2O6S2. The average Bonchev–Trinajstić information content (AvgIpc) is 3.22. The van der Waals surface area contributed by atoms with E-state index in [-0.39, 0.29) is 16.6 Å². The van der Waals surface area contributed by atoms with Crippen LogP contribution in [-0.2, 0) is 14.3 Å². The average molecular weight is 404 g/mol. The first-order valence-corrected chi connectivity index (χ1v) is 8.78. The van der Waals surface area contributed by atoms with E-state index in [0.29, 0.717) is 22.0 Å². The third-order valence-electron chi connectivity index (χ3n) is 3.65. The molecule has 0 radical (unpaired) electrons. The molecule has 0 aliphatic carbocycles. The van der Waals surface area contributed by atoms with Crippen molar-refractivity contribution < 1.29 is 23.7 Å². The molecule has 1 fully saturated rings. The summed E-state index contributed by atoms with van der Waals surface area (Å²) in [7, 11) is 1.23. The number of thioether (sulfide) groups is 1. The molecule has 1 aliphatic heterocycles. The van der Waals surface area contributed by atoms with Crippen molar-refractivity contribution >= 4 is 51.9 Å². The van der Waals surface area contributed by atoms with Gasteiger partial charge in [-0.3, -0.25) is 24.6 Å². The molecule has 0 unspecified atom stereocenters. The van der Waals surface area contributed by atoms with Crippen LogP contribution >= 0.6 is 24.0 Å². The molecule has 10 heteroatoms. The number of nitro benzene ring substituents is 1. The summed E-state index contributed by atoms with van der Waals surface area (Å²) in [4.78, 5) is 35.5. The highest BCUT2D eigenvalue weighted by atomic mass is 32.2. The zero-order valence-corrected chi connectivity index (χ0v) is 15.5. The van der Waals surface area contributed by atoms with Crippen molar-refractivity contribution in [3.05, 3.63) is 57.2 Å². The first kappa shape index (κ1) is 18.8. The Bertz CT molecular complexity index is 964. The first-order valence-electron chi connectivity index (χ1n) is 7.56. The molecule has 1 amide bonds. The molecule has 8 nitrogen and oxygen atoms in total. The number of non-ortho nitro benzene ring substituents is 1. The SMILES string of the molecule is COC(=O)CN1C(=O)/C(=C/c2ccc(-c3ccc([N+](=O)[O-])cc3)o2)SC1=S. The maximum Gasteiger partial charge on any atom is 0.325 e. The summed E-state index contributed by atoms with van der Waals surface area (Å²) < 4.78 is 10.5. The second-order valence-corrected chi connectivity index (χ2v) is 7.03. The summed E-state index contributed by atoms with van der Waals surface area (Å²) in [6.45, 7) is -0.245. The number of hydrogen-bond acceptors (Lipinski definition) is 8. The maximum atomic E-state index is 12.4. The molecule has 0 atom stereocenters. The number of hydrogen-bond donors (Lipinski definition) is 0. The molecule has 138 valence electrons. The topological polar surface area (TPSA) is 103 Å². The fourth-order valence-electron chi connectivity index (χ4n) is 2.29. The van der Waals surface area contributed by atoms with Crippen LogP contribution in [0.1, 0.15) is 5.76 Å². The lowest BCUT2D eigenvalue weighted by molar-refractivity contribution is -0.384. The molecule has 1 aromatic heterocycles. The van der Waals surface area contributed by atoms with Crippen LogP contribution in [0, 0.1) is 10.1 Å². The van der Waals surface area contributed by atoms with E-state index in [1.54, 1.807) is 24.3 Å². The zero-order chi connectivity index (χ0) is 19.6. The summed E-state index contributed by atoms with van der Waals surface area (Å²) in [6.07, 6.45) is 1.53. The number of benzene rings is 1. The minimum atomic E-state index is -0.564. The molecule has 2 aromatic rings. The van der Waals surface area contributed by atoms with Gasteiger partial charge in [-0.1, -0.05) is 24.0 Å². The number of esters is 1. The van der Waals surface area contributed by atoms with E-state index in [4.69, 9.17) is 16.6 Å². The Morgan fingerprint density at radius 3 is 2.67 bits per heavy atom. The predicted molar refractivity (Wildman–Crippen MR) is 103 cm³/mol. The highest BCUT2D eigenvalue weighted by Gasteiger charge is 2.33. The van der Waals surface area contributed by atoms with Crippen LogP contribution in [0.3, 0.4) is 0 Å². The Balaban J connectivity index is 1.78. The smallest absolute Gasteiger partial charge is 0.325 e. The Morgan fingerprint density at radius 2 is 2.04 bits per heavy atom. The van der Waals surface area contributed by atoms with Crippen molar-refractivity contribution in [1.82, 2.24) is 4.90 Å². The summed E-state index contributed by atoms with van der Waals surface area (Å²) in [6, 6.07) is 9.30. The molecule has 1 saturated heterocycles. The van der Waals surface area contributed by atoms with Gasteiger partial charge in [-0.25, -0.2) is 0 Å². The van der Waals surface area contributed by atoms with Gasteiger partial charge in [0.1, 0.15) is 22.4 Å². The van der Waals surface area contributed by atoms with Crippen molar-refractivity contribution in [2.45, 2.75) is 0 Å². The predicted octanol–water partition coefficient (Wildman–Crippen LogP) is 3.23. The number of nitrogens with zero attached hydrogens (tertiary/aromatic N) is 2. The Morgan fingerprint density at radius 1 is 1.33 bits per heavy atom. The first-order chi connectivity index (χ1) is 12.9. The van der Waals surface area contributed by atoms with Gasteiger partial charge in [0.05, 0.1) is 16.9 Å². The van der Waals surface area contributed by atoms with Crippen LogP contribution in [0.5, 0.6) is 0 Å². The number of furan rings is 1. The van der Waals surface area contributed by atoms with E-state index in [1.165, 1.54) is 25.3 Å². The van der Waals surface area contributed by atoms with E-state index in [9.17, 15) is 19.7 Å². The van der Waals surface area contributed by atoms with E-state index >= 15 is 0 Å². The molecule has 3 rings (SSSR count). The molecule has 2 heterocycles. The number of thiocarbonyl (C=S) groups is 1. The third kappa shape index (κ3) is 4.07. The summed E-state index contributed by atoms with van der Waals surface area (Å²) in [5, 5.41) is 10.7. The Labute approximate surface area is 162 Å².